The number of hydrogen-bond donors (Lipinski definition) is 0. The minimum absolute atomic E-state index is 0.0226. The Morgan fingerprint density at radius 1 is 1.06 bits per heavy atom. The number of benzene rings is 1. The summed E-state index contributed by atoms with van der Waals surface area (Å²) in [7, 11) is 0. The van der Waals surface area contributed by atoms with Crippen molar-refractivity contribution >= 4 is 6.09 Å². The van der Waals surface area contributed by atoms with Crippen molar-refractivity contribution in [1.82, 2.24) is 34.9 Å². The average Bonchev–Trinajstić information content (AvgIpc) is 3.71. The molecule has 0 unspecified atom stereocenters. The molecule has 0 radical (unpaired) electrons. The lowest BCUT2D eigenvalue weighted by Crippen LogP contribution is -2.40. The predicted octanol–water partition coefficient (Wildman–Crippen LogP) is 7.49. The molecule has 268 valence electrons. The highest BCUT2D eigenvalue weighted by Gasteiger charge is 2.28. The van der Waals surface area contributed by atoms with Gasteiger partial charge in [0.25, 0.3) is 0 Å². The topological polar surface area (TPSA) is 133 Å². The van der Waals surface area contributed by atoms with Crippen LogP contribution < -0.4 is 4.74 Å². The van der Waals surface area contributed by atoms with Crippen molar-refractivity contribution in [3.63, 3.8) is 0 Å². The van der Waals surface area contributed by atoms with Crippen LogP contribution in [-0.4, -0.2) is 73.4 Å². The lowest BCUT2D eigenvalue weighted by molar-refractivity contribution is 0.0652. The fourth-order valence-electron chi connectivity index (χ4n) is 5.94. The number of carbonyl (C=O) groups excluding carboxylic acids is 1. The van der Waals surface area contributed by atoms with Crippen LogP contribution in [0.15, 0.2) is 24.4 Å². The first-order chi connectivity index (χ1) is 23.6. The molecule has 1 amide bonds. The fourth-order valence-corrected chi connectivity index (χ4v) is 5.94. The monoisotopic (exact) mass is 680 g/mol. The highest BCUT2D eigenvalue weighted by molar-refractivity contribution is 5.67. The van der Waals surface area contributed by atoms with Crippen molar-refractivity contribution in [3.05, 3.63) is 41.5 Å². The van der Waals surface area contributed by atoms with E-state index >= 15 is 4.39 Å². The molecular formula is C36H53FN8O4. The van der Waals surface area contributed by atoms with Crippen LogP contribution in [-0.2, 0) is 22.6 Å². The second-order valence-corrected chi connectivity index (χ2v) is 14.3. The molecule has 3 aromatic rings. The van der Waals surface area contributed by atoms with Crippen LogP contribution in [0.3, 0.4) is 0 Å². The van der Waals surface area contributed by atoms with Crippen LogP contribution in [0.4, 0.5) is 9.18 Å². The average molecular weight is 681 g/mol. The van der Waals surface area contributed by atoms with Gasteiger partial charge in [0.15, 0.2) is 17.4 Å². The summed E-state index contributed by atoms with van der Waals surface area (Å²) in [4.78, 5) is 13.9. The first-order valence-corrected chi connectivity index (χ1v) is 17.7. The van der Waals surface area contributed by atoms with Crippen LogP contribution in [0.1, 0.15) is 116 Å². The number of piperidine rings is 1. The minimum atomic E-state index is -0.566. The number of amides is 1. The largest absolute Gasteiger partial charge is 0.486 e. The van der Waals surface area contributed by atoms with Gasteiger partial charge < -0.3 is 19.1 Å². The second kappa shape index (κ2) is 18.6. The molecule has 1 aromatic carbocycles. The van der Waals surface area contributed by atoms with Crippen LogP contribution >= 0.6 is 0 Å². The molecule has 13 heteroatoms. The second-order valence-electron chi connectivity index (χ2n) is 14.3. The van der Waals surface area contributed by atoms with Gasteiger partial charge in [0.2, 0.25) is 0 Å². The molecule has 0 aliphatic carbocycles. The van der Waals surface area contributed by atoms with Crippen molar-refractivity contribution in [2.75, 3.05) is 26.3 Å². The summed E-state index contributed by atoms with van der Waals surface area (Å²) >= 11 is 0. The van der Waals surface area contributed by atoms with Crippen molar-refractivity contribution < 1.29 is 23.4 Å². The third-order valence-corrected chi connectivity index (χ3v) is 8.65. The molecule has 1 fully saturated rings. The Morgan fingerprint density at radius 3 is 2.45 bits per heavy atom. The van der Waals surface area contributed by atoms with Gasteiger partial charge in [-0.2, -0.15) is 10.4 Å². The quantitative estimate of drug-likeness (QED) is 0.125. The Kier molecular flexibility index (Phi) is 14.4. The van der Waals surface area contributed by atoms with E-state index < -0.39 is 5.82 Å². The van der Waals surface area contributed by atoms with Gasteiger partial charge in [-0.25, -0.2) is 13.9 Å². The molecule has 1 aliphatic rings. The van der Waals surface area contributed by atoms with Crippen LogP contribution in [0, 0.1) is 22.6 Å². The van der Waals surface area contributed by atoms with E-state index in [0.29, 0.717) is 73.7 Å². The van der Waals surface area contributed by atoms with Gasteiger partial charge in [0, 0.05) is 30.8 Å². The molecule has 0 spiro atoms. The maximum Gasteiger partial charge on any atom is 0.410 e. The van der Waals surface area contributed by atoms with Crippen LogP contribution in [0.5, 0.6) is 5.75 Å². The number of carbonyl (C=O) groups is 1. The van der Waals surface area contributed by atoms with E-state index in [9.17, 15) is 10.1 Å². The number of nitrogens with zero attached hydrogens (tertiary/aromatic N) is 8. The predicted molar refractivity (Wildman–Crippen MR) is 183 cm³/mol. The zero-order valence-electron chi connectivity index (χ0n) is 29.9. The number of ether oxygens (including phenoxy) is 3. The molecule has 1 aliphatic heterocycles. The summed E-state index contributed by atoms with van der Waals surface area (Å²) in [6.45, 7) is 13.2. The van der Waals surface area contributed by atoms with Gasteiger partial charge in [0.05, 0.1) is 31.5 Å². The first-order valence-electron chi connectivity index (χ1n) is 17.7. The van der Waals surface area contributed by atoms with Crippen molar-refractivity contribution in [3.8, 4) is 23.2 Å². The molecule has 2 aromatic heterocycles. The normalized spacial score (nSPS) is 14.0. The van der Waals surface area contributed by atoms with E-state index in [0.717, 1.165) is 6.42 Å². The number of unbranched alkanes of at least 4 members (excludes halogenated alkanes) is 6. The summed E-state index contributed by atoms with van der Waals surface area (Å²) in [5.41, 5.74) is 1.88. The summed E-state index contributed by atoms with van der Waals surface area (Å²) in [6.07, 6.45) is 12.3. The molecule has 12 nitrogen and oxygen atoms in total. The van der Waals surface area contributed by atoms with Gasteiger partial charge in [-0.3, -0.25) is 4.68 Å². The summed E-state index contributed by atoms with van der Waals surface area (Å²) in [6, 6.07) is 6.76. The first kappa shape index (κ1) is 37.8. The van der Waals surface area contributed by atoms with Gasteiger partial charge in [-0.15, -0.1) is 5.10 Å². The number of halogens is 1. The van der Waals surface area contributed by atoms with Crippen LogP contribution in [0.25, 0.3) is 11.4 Å². The van der Waals surface area contributed by atoms with E-state index in [4.69, 9.17) is 14.2 Å². The summed E-state index contributed by atoms with van der Waals surface area (Å²) < 4.78 is 35.4. The maximum atomic E-state index is 15.2. The maximum absolute atomic E-state index is 15.2. The van der Waals surface area contributed by atoms with Gasteiger partial charge in [0.1, 0.15) is 18.4 Å². The third-order valence-electron chi connectivity index (χ3n) is 8.65. The SMILES string of the molecule is CC(C)OC(=O)N1CCC(n2ncc(COc3ccc(-c4nnnn4CCOCCCCCCCCCC(C)(C)C)cc3F)c2C#N)CC1. The number of hydrogen-bond acceptors (Lipinski definition) is 9. The molecular weight excluding hydrogens is 627 g/mol. The number of aromatic nitrogens is 6. The lowest BCUT2D eigenvalue weighted by Gasteiger charge is -2.32. The van der Waals surface area contributed by atoms with E-state index in [-0.39, 0.29) is 30.6 Å². The zero-order valence-corrected chi connectivity index (χ0v) is 29.9. The highest BCUT2D eigenvalue weighted by atomic mass is 19.1. The van der Waals surface area contributed by atoms with Crippen LogP contribution in [0.2, 0.25) is 0 Å². The molecule has 0 N–H and O–H groups in total. The molecule has 0 saturated carbocycles. The Hall–Kier alpha value is -4.05. The Morgan fingerprint density at radius 2 is 1.78 bits per heavy atom. The van der Waals surface area contributed by atoms with E-state index in [1.54, 1.807) is 26.5 Å². The summed E-state index contributed by atoms with van der Waals surface area (Å²) in [5, 5.41) is 26.3. The third kappa shape index (κ3) is 11.8. The van der Waals surface area contributed by atoms with Gasteiger partial charge in [-0.1, -0.05) is 59.3 Å². The molecule has 0 bridgehead atoms. The Labute approximate surface area is 289 Å². The number of likely N-dealkylation sites (tertiary alicyclic amines) is 1. The smallest absolute Gasteiger partial charge is 0.410 e. The van der Waals surface area contributed by atoms with Crippen molar-refractivity contribution in [2.45, 2.75) is 124 Å². The zero-order chi connectivity index (χ0) is 35.2. The standard InChI is InChI=1S/C36H53FN8O4/c1-27(2)49-35(46)43-18-15-30(16-19-43)45-32(24-38)29(25-39-45)26-48-33-14-13-28(23-31(33)37)34-40-41-42-44(34)20-22-47-21-12-10-8-6-7-9-11-17-36(3,4)5/h13-14,23,25,27,30H,6-12,15-22,26H2,1-5H3. The Bertz CT molecular complexity index is 1500. The number of tetrazole rings is 1. The Balaban J connectivity index is 1.19. The van der Waals surface area contributed by atoms with E-state index in [1.807, 2.05) is 13.8 Å². The molecule has 0 atom stereocenters. The van der Waals surface area contributed by atoms with Crippen molar-refractivity contribution in [1.29, 1.82) is 5.26 Å². The van der Waals surface area contributed by atoms with E-state index in [2.05, 4.69) is 47.5 Å². The molecule has 3 heterocycles. The highest BCUT2D eigenvalue weighted by Crippen LogP contribution is 2.28. The summed E-state index contributed by atoms with van der Waals surface area (Å²) in [5.74, 6) is -0.0780. The molecule has 49 heavy (non-hydrogen) atoms. The number of nitriles is 1. The fraction of sp³-hybridized carbons (Fsp3) is 0.667. The van der Waals surface area contributed by atoms with Crippen molar-refractivity contribution in [2.24, 2.45) is 5.41 Å². The number of rotatable bonds is 18. The van der Waals surface area contributed by atoms with Gasteiger partial charge >= 0.3 is 6.09 Å². The molecule has 1 saturated heterocycles. The van der Waals surface area contributed by atoms with Gasteiger partial charge in [-0.05, 0) is 73.6 Å². The lowest BCUT2D eigenvalue weighted by atomic mass is 9.89. The van der Waals surface area contributed by atoms with E-state index in [1.165, 1.54) is 57.1 Å². The minimum Gasteiger partial charge on any atom is -0.486 e. The molecule has 4 rings (SSSR count).